The summed E-state index contributed by atoms with van der Waals surface area (Å²) in [6, 6.07) is 8.47. The van der Waals surface area contributed by atoms with Gasteiger partial charge in [-0.25, -0.2) is 9.97 Å². The van der Waals surface area contributed by atoms with Gasteiger partial charge in [-0.05, 0) is 31.7 Å². The highest BCUT2D eigenvalue weighted by atomic mass is 16.3. The summed E-state index contributed by atoms with van der Waals surface area (Å²) in [5.74, 6) is 1.64. The zero-order valence-electron chi connectivity index (χ0n) is 11.7. The SMILES string of the molecule is Cc1nc(NCCO)c2c(n1)-c1ccccc1CCC2. The quantitative estimate of drug-likeness (QED) is 0.898. The molecule has 0 fully saturated rings. The number of nitrogens with zero attached hydrogens (tertiary/aromatic N) is 2. The van der Waals surface area contributed by atoms with Crippen LogP contribution in [-0.4, -0.2) is 28.2 Å². The van der Waals surface area contributed by atoms with Crippen molar-refractivity contribution < 1.29 is 5.11 Å². The maximum Gasteiger partial charge on any atom is 0.133 e. The topological polar surface area (TPSA) is 58.0 Å². The van der Waals surface area contributed by atoms with E-state index in [0.717, 1.165) is 36.6 Å². The van der Waals surface area contributed by atoms with Crippen molar-refractivity contribution in [2.45, 2.75) is 26.2 Å². The lowest BCUT2D eigenvalue weighted by atomic mass is 10.0. The van der Waals surface area contributed by atoms with E-state index in [-0.39, 0.29) is 6.61 Å². The predicted octanol–water partition coefficient (Wildman–Crippen LogP) is 2.34. The number of hydrogen-bond donors (Lipinski definition) is 2. The lowest BCUT2D eigenvalue weighted by molar-refractivity contribution is 0.311. The molecule has 1 heterocycles. The van der Waals surface area contributed by atoms with Gasteiger partial charge < -0.3 is 10.4 Å². The summed E-state index contributed by atoms with van der Waals surface area (Å²) in [6.07, 6.45) is 3.15. The molecule has 0 unspecified atom stereocenters. The number of aryl methyl sites for hydroxylation is 2. The molecule has 0 spiro atoms. The first kappa shape index (κ1) is 13.1. The average Bonchev–Trinajstić information content (AvgIpc) is 2.64. The smallest absolute Gasteiger partial charge is 0.133 e. The van der Waals surface area contributed by atoms with Gasteiger partial charge in [-0.15, -0.1) is 0 Å². The zero-order chi connectivity index (χ0) is 13.9. The normalized spacial score (nSPS) is 13.3. The standard InChI is InChI=1S/C16H19N3O/c1-11-18-15-13-7-3-2-5-12(13)6-4-8-14(15)16(19-11)17-9-10-20/h2-3,5,7,20H,4,6,8-10H2,1H3,(H,17,18,19). The minimum Gasteiger partial charge on any atom is -0.395 e. The molecule has 2 aromatic rings. The number of aliphatic hydroxyl groups is 1. The third kappa shape index (κ3) is 2.39. The van der Waals surface area contributed by atoms with Crippen LogP contribution in [0.3, 0.4) is 0 Å². The second-order valence-corrected chi connectivity index (χ2v) is 5.11. The van der Waals surface area contributed by atoms with Crippen molar-refractivity contribution in [3.63, 3.8) is 0 Å². The van der Waals surface area contributed by atoms with Crippen molar-refractivity contribution in [2.24, 2.45) is 0 Å². The highest BCUT2D eigenvalue weighted by Gasteiger charge is 2.19. The molecule has 0 radical (unpaired) electrons. The van der Waals surface area contributed by atoms with Gasteiger partial charge in [0.15, 0.2) is 0 Å². The Kier molecular flexibility index (Phi) is 3.65. The summed E-state index contributed by atoms with van der Waals surface area (Å²) in [6.45, 7) is 2.54. The van der Waals surface area contributed by atoms with E-state index >= 15 is 0 Å². The van der Waals surface area contributed by atoms with Crippen LogP contribution in [0, 0.1) is 6.92 Å². The number of rotatable bonds is 3. The van der Waals surface area contributed by atoms with Crippen LogP contribution in [0.2, 0.25) is 0 Å². The molecule has 104 valence electrons. The molecule has 0 atom stereocenters. The summed E-state index contributed by atoms with van der Waals surface area (Å²) >= 11 is 0. The third-order valence-electron chi connectivity index (χ3n) is 3.67. The Morgan fingerprint density at radius 1 is 1.20 bits per heavy atom. The molecule has 0 amide bonds. The van der Waals surface area contributed by atoms with Crippen LogP contribution in [-0.2, 0) is 12.8 Å². The van der Waals surface area contributed by atoms with Gasteiger partial charge in [0.2, 0.25) is 0 Å². The van der Waals surface area contributed by atoms with Crippen molar-refractivity contribution in [1.29, 1.82) is 0 Å². The molecule has 0 saturated heterocycles. The number of fused-ring (bicyclic) bond motifs is 3. The van der Waals surface area contributed by atoms with E-state index in [9.17, 15) is 0 Å². The van der Waals surface area contributed by atoms with Crippen molar-refractivity contribution >= 4 is 5.82 Å². The molecule has 0 saturated carbocycles. The number of aromatic nitrogens is 2. The van der Waals surface area contributed by atoms with Crippen LogP contribution in [0.1, 0.15) is 23.4 Å². The molecule has 2 N–H and O–H groups in total. The maximum atomic E-state index is 9.01. The Hall–Kier alpha value is -1.94. The predicted molar refractivity (Wildman–Crippen MR) is 79.8 cm³/mol. The fourth-order valence-electron chi connectivity index (χ4n) is 2.80. The number of nitrogens with one attached hydrogen (secondary N) is 1. The van der Waals surface area contributed by atoms with E-state index in [0.29, 0.717) is 6.54 Å². The zero-order valence-corrected chi connectivity index (χ0v) is 11.7. The second-order valence-electron chi connectivity index (χ2n) is 5.11. The number of anilines is 1. The van der Waals surface area contributed by atoms with Crippen LogP contribution < -0.4 is 5.32 Å². The largest absolute Gasteiger partial charge is 0.395 e. The van der Waals surface area contributed by atoms with Crippen LogP contribution in [0.4, 0.5) is 5.82 Å². The first-order valence-electron chi connectivity index (χ1n) is 7.10. The fourth-order valence-corrected chi connectivity index (χ4v) is 2.80. The highest BCUT2D eigenvalue weighted by molar-refractivity contribution is 5.72. The third-order valence-corrected chi connectivity index (χ3v) is 3.67. The molecule has 1 aromatic carbocycles. The Morgan fingerprint density at radius 3 is 2.90 bits per heavy atom. The van der Waals surface area contributed by atoms with E-state index in [2.05, 4.69) is 39.6 Å². The van der Waals surface area contributed by atoms with Crippen molar-refractivity contribution in [1.82, 2.24) is 9.97 Å². The fraction of sp³-hybridized carbons (Fsp3) is 0.375. The molecule has 4 nitrogen and oxygen atoms in total. The van der Waals surface area contributed by atoms with Gasteiger partial charge in [0.05, 0.1) is 12.3 Å². The molecule has 3 rings (SSSR count). The van der Waals surface area contributed by atoms with Crippen LogP contribution in [0.5, 0.6) is 0 Å². The average molecular weight is 269 g/mol. The lowest BCUT2D eigenvalue weighted by Gasteiger charge is -2.14. The molecule has 1 aromatic heterocycles. The van der Waals surface area contributed by atoms with Gasteiger partial charge in [-0.3, -0.25) is 0 Å². The van der Waals surface area contributed by atoms with Crippen LogP contribution in [0.25, 0.3) is 11.3 Å². The Bertz CT molecular complexity index is 625. The second kappa shape index (κ2) is 5.59. The lowest BCUT2D eigenvalue weighted by Crippen LogP contribution is -2.12. The summed E-state index contributed by atoms with van der Waals surface area (Å²) in [5.41, 5.74) is 4.80. The van der Waals surface area contributed by atoms with Crippen molar-refractivity contribution in [3.05, 3.63) is 41.2 Å². The van der Waals surface area contributed by atoms with Crippen LogP contribution in [0.15, 0.2) is 24.3 Å². The van der Waals surface area contributed by atoms with Crippen molar-refractivity contribution in [3.8, 4) is 11.3 Å². The summed E-state index contributed by atoms with van der Waals surface area (Å²) < 4.78 is 0. The Labute approximate surface area is 118 Å². The van der Waals surface area contributed by atoms with E-state index in [1.807, 2.05) is 6.92 Å². The van der Waals surface area contributed by atoms with Gasteiger partial charge in [-0.1, -0.05) is 24.3 Å². The Balaban J connectivity index is 2.15. The number of hydrogen-bond acceptors (Lipinski definition) is 4. The van der Waals surface area contributed by atoms with Crippen molar-refractivity contribution in [2.75, 3.05) is 18.5 Å². The van der Waals surface area contributed by atoms with Gasteiger partial charge in [0.25, 0.3) is 0 Å². The molecule has 1 aliphatic carbocycles. The molecular weight excluding hydrogens is 250 g/mol. The first-order valence-corrected chi connectivity index (χ1v) is 7.10. The summed E-state index contributed by atoms with van der Waals surface area (Å²) in [5, 5.41) is 12.2. The minimum atomic E-state index is 0.106. The van der Waals surface area contributed by atoms with Gasteiger partial charge in [-0.2, -0.15) is 0 Å². The van der Waals surface area contributed by atoms with Gasteiger partial charge in [0.1, 0.15) is 11.6 Å². The number of benzene rings is 1. The molecular formula is C16H19N3O. The van der Waals surface area contributed by atoms with E-state index in [4.69, 9.17) is 5.11 Å². The summed E-state index contributed by atoms with van der Waals surface area (Å²) in [7, 11) is 0. The molecule has 0 aliphatic heterocycles. The van der Waals surface area contributed by atoms with Gasteiger partial charge >= 0.3 is 0 Å². The van der Waals surface area contributed by atoms with E-state index in [1.54, 1.807) is 0 Å². The molecule has 20 heavy (non-hydrogen) atoms. The summed E-state index contributed by atoms with van der Waals surface area (Å²) in [4.78, 5) is 9.18. The Morgan fingerprint density at radius 2 is 2.05 bits per heavy atom. The number of aliphatic hydroxyl groups excluding tert-OH is 1. The van der Waals surface area contributed by atoms with Crippen LogP contribution >= 0.6 is 0 Å². The highest BCUT2D eigenvalue weighted by Crippen LogP contribution is 2.33. The minimum absolute atomic E-state index is 0.106. The molecule has 0 bridgehead atoms. The molecule has 4 heteroatoms. The first-order chi connectivity index (χ1) is 9.79. The van der Waals surface area contributed by atoms with Gasteiger partial charge in [0, 0.05) is 17.7 Å². The monoisotopic (exact) mass is 269 g/mol. The van der Waals surface area contributed by atoms with E-state index < -0.39 is 0 Å². The van der Waals surface area contributed by atoms with E-state index in [1.165, 1.54) is 16.7 Å². The molecule has 1 aliphatic rings. The maximum absolute atomic E-state index is 9.01.